The molecule has 0 saturated carbocycles. The Kier molecular flexibility index (Phi) is 6.19. The quantitative estimate of drug-likeness (QED) is 0.705. The van der Waals surface area contributed by atoms with Crippen LogP contribution in [0.15, 0.2) is 29.4 Å². The van der Waals surface area contributed by atoms with E-state index in [2.05, 4.69) is 36.4 Å². The lowest BCUT2D eigenvalue weighted by Gasteiger charge is -2.21. The number of nitrogens with zero attached hydrogens (tertiary/aromatic N) is 2. The van der Waals surface area contributed by atoms with Gasteiger partial charge in [0.25, 0.3) is 5.91 Å². The Balaban J connectivity index is 2.95. The zero-order chi connectivity index (χ0) is 13.5. The first kappa shape index (κ1) is 15.0. The van der Waals surface area contributed by atoms with Gasteiger partial charge in [0.15, 0.2) is 0 Å². The lowest BCUT2D eigenvalue weighted by Crippen LogP contribution is -2.33. The van der Waals surface area contributed by atoms with E-state index < -0.39 is 0 Å². The fourth-order valence-electron chi connectivity index (χ4n) is 1.94. The van der Waals surface area contributed by atoms with E-state index in [0.717, 1.165) is 36.1 Å². The molecule has 0 N–H and O–H groups in total. The molecule has 0 aromatic carbocycles. The summed E-state index contributed by atoms with van der Waals surface area (Å²) in [6.07, 6.45) is 5.70. The number of rotatable bonds is 7. The van der Waals surface area contributed by atoms with Gasteiger partial charge in [-0.15, -0.1) is 6.58 Å². The molecule has 0 aliphatic carbocycles. The highest BCUT2D eigenvalue weighted by molar-refractivity contribution is 9.10. The van der Waals surface area contributed by atoms with Crippen molar-refractivity contribution in [1.29, 1.82) is 0 Å². The first-order valence-electron chi connectivity index (χ1n) is 6.39. The number of hydrogen-bond donors (Lipinski definition) is 0. The van der Waals surface area contributed by atoms with Gasteiger partial charge >= 0.3 is 0 Å². The Hall–Kier alpha value is -1.03. The molecule has 0 aliphatic heterocycles. The average molecular weight is 313 g/mol. The molecule has 0 bridgehead atoms. The van der Waals surface area contributed by atoms with Crippen LogP contribution in [-0.2, 0) is 6.54 Å². The predicted molar refractivity (Wildman–Crippen MR) is 78.8 cm³/mol. The molecule has 0 fully saturated rings. The van der Waals surface area contributed by atoms with Crippen LogP contribution in [-0.4, -0.2) is 28.5 Å². The molecule has 0 atom stereocenters. The smallest absolute Gasteiger partial charge is 0.270 e. The van der Waals surface area contributed by atoms with Crippen LogP contribution in [0, 0.1) is 0 Å². The number of carbonyl (C=O) groups is 1. The van der Waals surface area contributed by atoms with Gasteiger partial charge in [0.2, 0.25) is 0 Å². The molecular formula is C14H21BrN2O. The minimum atomic E-state index is 0.0795. The number of amides is 1. The minimum absolute atomic E-state index is 0.0795. The molecule has 0 radical (unpaired) electrons. The van der Waals surface area contributed by atoms with E-state index in [0.29, 0.717) is 6.54 Å². The summed E-state index contributed by atoms with van der Waals surface area (Å²) in [6.45, 7) is 10.1. The maximum absolute atomic E-state index is 12.5. The number of halogens is 1. The number of carbonyl (C=O) groups excluding carboxylic acids is 1. The second-order valence-electron chi connectivity index (χ2n) is 4.28. The Labute approximate surface area is 118 Å². The summed E-state index contributed by atoms with van der Waals surface area (Å²) >= 11 is 3.44. The Morgan fingerprint density at radius 2 is 2.22 bits per heavy atom. The summed E-state index contributed by atoms with van der Waals surface area (Å²) in [5.74, 6) is 0.0795. The van der Waals surface area contributed by atoms with Gasteiger partial charge in [-0.2, -0.15) is 0 Å². The second-order valence-corrected chi connectivity index (χ2v) is 5.19. The zero-order valence-electron chi connectivity index (χ0n) is 11.2. The van der Waals surface area contributed by atoms with Crippen molar-refractivity contribution in [3.05, 3.63) is 35.1 Å². The molecule has 0 unspecified atom stereocenters. The summed E-state index contributed by atoms with van der Waals surface area (Å²) in [6, 6.07) is 1.89. The van der Waals surface area contributed by atoms with Crippen LogP contribution < -0.4 is 0 Å². The molecule has 1 aromatic heterocycles. The summed E-state index contributed by atoms with van der Waals surface area (Å²) in [5, 5.41) is 0. The van der Waals surface area contributed by atoms with E-state index in [4.69, 9.17) is 0 Å². The van der Waals surface area contributed by atoms with Crippen LogP contribution >= 0.6 is 15.9 Å². The first-order chi connectivity index (χ1) is 8.63. The van der Waals surface area contributed by atoms with Crippen LogP contribution in [0.25, 0.3) is 0 Å². The van der Waals surface area contributed by atoms with Crippen LogP contribution in [0.1, 0.15) is 37.2 Å². The second kappa shape index (κ2) is 7.41. The van der Waals surface area contributed by atoms with Gasteiger partial charge in [-0.05, 0) is 34.8 Å². The van der Waals surface area contributed by atoms with Crippen molar-refractivity contribution in [3.8, 4) is 0 Å². The van der Waals surface area contributed by atoms with Gasteiger partial charge in [-0.25, -0.2) is 0 Å². The number of aryl methyl sites for hydroxylation is 1. The average Bonchev–Trinajstić information content (AvgIpc) is 2.70. The minimum Gasteiger partial charge on any atom is -0.342 e. The third kappa shape index (κ3) is 3.73. The van der Waals surface area contributed by atoms with Crippen LogP contribution in [0.3, 0.4) is 0 Å². The molecule has 1 rings (SSSR count). The molecule has 4 heteroatoms. The third-order valence-electron chi connectivity index (χ3n) is 2.68. The van der Waals surface area contributed by atoms with E-state index in [1.807, 2.05) is 21.7 Å². The Morgan fingerprint density at radius 1 is 1.50 bits per heavy atom. The Bertz CT molecular complexity index is 412. The molecule has 3 nitrogen and oxygen atoms in total. The van der Waals surface area contributed by atoms with Gasteiger partial charge in [0.05, 0.1) is 0 Å². The maximum Gasteiger partial charge on any atom is 0.270 e. The molecule has 1 heterocycles. The van der Waals surface area contributed by atoms with E-state index in [1.165, 1.54) is 0 Å². The summed E-state index contributed by atoms with van der Waals surface area (Å²) in [7, 11) is 0. The molecule has 1 aromatic rings. The van der Waals surface area contributed by atoms with Gasteiger partial charge in [-0.3, -0.25) is 4.79 Å². The van der Waals surface area contributed by atoms with Crippen LogP contribution in [0.2, 0.25) is 0 Å². The van der Waals surface area contributed by atoms with E-state index in [1.54, 1.807) is 6.08 Å². The molecule has 0 aliphatic rings. The highest BCUT2D eigenvalue weighted by Crippen LogP contribution is 2.17. The van der Waals surface area contributed by atoms with Crippen LogP contribution in [0.5, 0.6) is 0 Å². The van der Waals surface area contributed by atoms with Gasteiger partial charge in [-0.1, -0.05) is 19.9 Å². The van der Waals surface area contributed by atoms with Crippen molar-refractivity contribution < 1.29 is 4.79 Å². The molecular weight excluding hydrogens is 292 g/mol. The van der Waals surface area contributed by atoms with Crippen molar-refractivity contribution >= 4 is 21.8 Å². The monoisotopic (exact) mass is 312 g/mol. The highest BCUT2D eigenvalue weighted by Gasteiger charge is 2.18. The molecule has 18 heavy (non-hydrogen) atoms. The molecule has 0 saturated heterocycles. The van der Waals surface area contributed by atoms with Gasteiger partial charge in [0, 0.05) is 30.3 Å². The summed E-state index contributed by atoms with van der Waals surface area (Å²) in [4.78, 5) is 14.3. The summed E-state index contributed by atoms with van der Waals surface area (Å²) in [5.41, 5.74) is 0.749. The SMILES string of the molecule is C=CCN(CCC)C(=O)c1cc(Br)cn1CCC. The van der Waals surface area contributed by atoms with E-state index in [9.17, 15) is 4.79 Å². The van der Waals surface area contributed by atoms with E-state index in [-0.39, 0.29) is 5.91 Å². The fourth-order valence-corrected chi connectivity index (χ4v) is 2.41. The largest absolute Gasteiger partial charge is 0.342 e. The predicted octanol–water partition coefficient (Wildman–Crippen LogP) is 3.70. The van der Waals surface area contributed by atoms with Crippen molar-refractivity contribution in [2.75, 3.05) is 13.1 Å². The fraction of sp³-hybridized carbons (Fsp3) is 0.500. The topological polar surface area (TPSA) is 25.2 Å². The zero-order valence-corrected chi connectivity index (χ0v) is 12.7. The maximum atomic E-state index is 12.5. The van der Waals surface area contributed by atoms with Crippen LogP contribution in [0.4, 0.5) is 0 Å². The standard InChI is InChI=1S/C14H21BrN2O/c1-4-7-16(8-5-2)14(18)13-10-12(15)11-17(13)9-6-3/h4,10-11H,1,5-9H2,2-3H3. The van der Waals surface area contributed by atoms with Gasteiger partial charge < -0.3 is 9.47 Å². The van der Waals surface area contributed by atoms with Crippen molar-refractivity contribution in [2.45, 2.75) is 33.2 Å². The van der Waals surface area contributed by atoms with Crippen molar-refractivity contribution in [3.63, 3.8) is 0 Å². The molecule has 1 amide bonds. The molecule has 100 valence electrons. The third-order valence-corrected chi connectivity index (χ3v) is 3.11. The lowest BCUT2D eigenvalue weighted by atomic mass is 10.3. The highest BCUT2D eigenvalue weighted by atomic mass is 79.9. The summed E-state index contributed by atoms with van der Waals surface area (Å²) < 4.78 is 2.97. The Morgan fingerprint density at radius 3 is 2.78 bits per heavy atom. The normalized spacial score (nSPS) is 10.4. The van der Waals surface area contributed by atoms with E-state index >= 15 is 0 Å². The number of aromatic nitrogens is 1. The van der Waals surface area contributed by atoms with Crippen molar-refractivity contribution in [1.82, 2.24) is 9.47 Å². The number of hydrogen-bond acceptors (Lipinski definition) is 1. The molecule has 0 spiro atoms. The lowest BCUT2D eigenvalue weighted by molar-refractivity contribution is 0.0763. The van der Waals surface area contributed by atoms with Gasteiger partial charge in [0.1, 0.15) is 5.69 Å². The first-order valence-corrected chi connectivity index (χ1v) is 7.19. The van der Waals surface area contributed by atoms with Crippen molar-refractivity contribution in [2.24, 2.45) is 0 Å².